The van der Waals surface area contributed by atoms with Crippen molar-refractivity contribution in [3.63, 3.8) is 0 Å². The van der Waals surface area contributed by atoms with Crippen LogP contribution >= 0.6 is 0 Å². The van der Waals surface area contributed by atoms with E-state index in [0.717, 1.165) is 16.7 Å². The van der Waals surface area contributed by atoms with Gasteiger partial charge in [0, 0.05) is 18.5 Å². The van der Waals surface area contributed by atoms with Crippen molar-refractivity contribution in [2.75, 3.05) is 11.9 Å². The van der Waals surface area contributed by atoms with Crippen LogP contribution in [0.2, 0.25) is 0 Å². The predicted molar refractivity (Wildman–Crippen MR) is 92.7 cm³/mol. The lowest BCUT2D eigenvalue weighted by Crippen LogP contribution is -2.23. The Balaban J connectivity index is 1.71. The molecular formula is C17H15N5O3. The molecule has 1 aromatic carbocycles. The maximum absolute atomic E-state index is 11.1. The van der Waals surface area contributed by atoms with Gasteiger partial charge in [0.2, 0.25) is 5.65 Å². The third kappa shape index (κ3) is 2.47. The summed E-state index contributed by atoms with van der Waals surface area (Å²) in [4.78, 5) is 16.5. The van der Waals surface area contributed by atoms with Gasteiger partial charge >= 0.3 is 5.82 Å². The van der Waals surface area contributed by atoms with E-state index in [-0.39, 0.29) is 11.9 Å². The number of furan rings is 1. The molecule has 25 heavy (non-hydrogen) atoms. The molecule has 126 valence electrons. The first-order valence-electron chi connectivity index (χ1n) is 7.75. The number of rotatable bonds is 4. The number of para-hydroxylation sites is 1. The van der Waals surface area contributed by atoms with E-state index < -0.39 is 4.92 Å². The van der Waals surface area contributed by atoms with Crippen LogP contribution in [-0.2, 0) is 0 Å². The summed E-state index contributed by atoms with van der Waals surface area (Å²) in [5.41, 5.74) is 1.26. The van der Waals surface area contributed by atoms with Crippen LogP contribution in [0.5, 0.6) is 0 Å². The molecule has 0 bridgehead atoms. The van der Waals surface area contributed by atoms with Crippen LogP contribution < -0.4 is 4.90 Å². The Morgan fingerprint density at radius 1 is 1.28 bits per heavy atom. The fourth-order valence-corrected chi connectivity index (χ4v) is 2.76. The lowest BCUT2D eigenvalue weighted by atomic mass is 10.2. The van der Waals surface area contributed by atoms with Crippen molar-refractivity contribution >= 4 is 28.3 Å². The average molecular weight is 337 g/mol. The Bertz CT molecular complexity index is 1050. The standard InChI is InChI=1S/C17H15N5O3/c1-11(14-9-12-5-3-4-6-13(12)25-14)20(2)16-8-7-15-18-10-17(22(23)24)21(15)19-16/h3-11H,1-2H3. The van der Waals surface area contributed by atoms with Crippen LogP contribution in [-0.4, -0.2) is 26.6 Å². The second-order valence-electron chi connectivity index (χ2n) is 5.81. The zero-order valence-electron chi connectivity index (χ0n) is 13.7. The van der Waals surface area contributed by atoms with Gasteiger partial charge in [-0.05, 0) is 30.0 Å². The van der Waals surface area contributed by atoms with Crippen molar-refractivity contribution in [1.82, 2.24) is 14.6 Å². The zero-order chi connectivity index (χ0) is 17.6. The molecular weight excluding hydrogens is 322 g/mol. The summed E-state index contributed by atoms with van der Waals surface area (Å²) in [6, 6.07) is 13.2. The Hall–Kier alpha value is -3.42. The lowest BCUT2D eigenvalue weighted by molar-refractivity contribution is -0.391. The molecule has 0 spiro atoms. The van der Waals surface area contributed by atoms with E-state index in [4.69, 9.17) is 4.42 Å². The first kappa shape index (κ1) is 15.1. The van der Waals surface area contributed by atoms with Gasteiger partial charge in [0.1, 0.15) is 17.5 Å². The highest BCUT2D eigenvalue weighted by atomic mass is 16.6. The number of imidazole rings is 1. The van der Waals surface area contributed by atoms with Gasteiger partial charge in [-0.25, -0.2) is 4.98 Å². The minimum Gasteiger partial charge on any atom is -0.459 e. The van der Waals surface area contributed by atoms with E-state index in [0.29, 0.717) is 11.5 Å². The summed E-state index contributed by atoms with van der Waals surface area (Å²) in [6.07, 6.45) is 1.20. The van der Waals surface area contributed by atoms with E-state index in [1.165, 1.54) is 10.7 Å². The minimum atomic E-state index is -0.501. The highest BCUT2D eigenvalue weighted by Gasteiger charge is 2.21. The summed E-state index contributed by atoms with van der Waals surface area (Å²) >= 11 is 0. The molecule has 4 rings (SSSR count). The summed E-state index contributed by atoms with van der Waals surface area (Å²) in [6.45, 7) is 1.99. The van der Waals surface area contributed by atoms with Gasteiger partial charge in [-0.2, -0.15) is 0 Å². The molecule has 0 N–H and O–H groups in total. The van der Waals surface area contributed by atoms with Crippen molar-refractivity contribution < 1.29 is 9.34 Å². The fourth-order valence-electron chi connectivity index (χ4n) is 2.76. The van der Waals surface area contributed by atoms with Gasteiger partial charge in [0.25, 0.3) is 0 Å². The number of benzene rings is 1. The fraction of sp³-hybridized carbons (Fsp3) is 0.176. The maximum Gasteiger partial charge on any atom is 0.368 e. The van der Waals surface area contributed by atoms with E-state index in [2.05, 4.69) is 10.1 Å². The third-order valence-corrected chi connectivity index (χ3v) is 4.32. The normalized spacial score (nSPS) is 12.6. The highest BCUT2D eigenvalue weighted by molar-refractivity contribution is 5.77. The Morgan fingerprint density at radius 3 is 2.84 bits per heavy atom. The molecule has 8 nitrogen and oxygen atoms in total. The predicted octanol–water partition coefficient (Wildman–Crippen LogP) is 3.58. The smallest absolute Gasteiger partial charge is 0.368 e. The minimum absolute atomic E-state index is 0.0973. The molecule has 1 unspecified atom stereocenters. The van der Waals surface area contributed by atoms with E-state index >= 15 is 0 Å². The first-order valence-corrected chi connectivity index (χ1v) is 7.75. The molecule has 0 radical (unpaired) electrons. The maximum atomic E-state index is 11.1. The van der Waals surface area contributed by atoms with Crippen LogP contribution in [0.3, 0.4) is 0 Å². The van der Waals surface area contributed by atoms with E-state index in [9.17, 15) is 10.1 Å². The number of anilines is 1. The van der Waals surface area contributed by atoms with Crippen molar-refractivity contribution in [3.05, 3.63) is 64.5 Å². The van der Waals surface area contributed by atoms with Gasteiger partial charge in [-0.15, -0.1) is 0 Å². The molecule has 0 aliphatic heterocycles. The lowest BCUT2D eigenvalue weighted by Gasteiger charge is -2.23. The molecule has 0 aliphatic carbocycles. The number of hydrogen-bond donors (Lipinski definition) is 0. The number of nitro groups is 1. The molecule has 0 saturated heterocycles. The van der Waals surface area contributed by atoms with Crippen molar-refractivity contribution in [2.45, 2.75) is 13.0 Å². The summed E-state index contributed by atoms with van der Waals surface area (Å²) < 4.78 is 7.14. The number of hydrogen-bond acceptors (Lipinski definition) is 6. The average Bonchev–Trinajstić information content (AvgIpc) is 3.23. The molecule has 0 aliphatic rings. The molecule has 1 atom stereocenters. The summed E-state index contributed by atoms with van der Waals surface area (Å²) in [7, 11) is 1.87. The molecule has 0 saturated carbocycles. The van der Waals surface area contributed by atoms with Crippen LogP contribution in [0.1, 0.15) is 18.7 Å². The van der Waals surface area contributed by atoms with E-state index in [1.54, 1.807) is 12.1 Å². The van der Waals surface area contributed by atoms with Crippen LogP contribution in [0.15, 0.2) is 53.1 Å². The zero-order valence-corrected chi connectivity index (χ0v) is 13.7. The van der Waals surface area contributed by atoms with Crippen molar-refractivity contribution in [3.8, 4) is 0 Å². The van der Waals surface area contributed by atoms with Crippen LogP contribution in [0, 0.1) is 10.1 Å². The number of fused-ring (bicyclic) bond motifs is 2. The first-order chi connectivity index (χ1) is 12.0. The number of nitrogens with zero attached hydrogens (tertiary/aromatic N) is 5. The SMILES string of the molecule is CC(c1cc2ccccc2o1)N(C)c1ccc2ncc([N+](=O)[O-])n2n1. The van der Waals surface area contributed by atoms with Crippen molar-refractivity contribution in [2.24, 2.45) is 0 Å². The van der Waals surface area contributed by atoms with Crippen LogP contribution in [0.25, 0.3) is 16.6 Å². The Morgan fingerprint density at radius 2 is 2.08 bits per heavy atom. The topological polar surface area (TPSA) is 89.7 Å². The number of aromatic nitrogens is 3. The summed E-state index contributed by atoms with van der Waals surface area (Å²) in [5.74, 6) is 1.22. The molecule has 4 aromatic rings. The Kier molecular flexibility index (Phi) is 3.38. The molecule has 8 heteroatoms. The largest absolute Gasteiger partial charge is 0.459 e. The molecule has 0 amide bonds. The molecule has 0 fully saturated rings. The van der Waals surface area contributed by atoms with Gasteiger partial charge in [0.15, 0.2) is 5.82 Å². The van der Waals surface area contributed by atoms with Gasteiger partial charge < -0.3 is 19.4 Å². The quantitative estimate of drug-likeness (QED) is 0.418. The van der Waals surface area contributed by atoms with Crippen molar-refractivity contribution in [1.29, 1.82) is 0 Å². The second kappa shape index (κ2) is 5.59. The molecule has 3 heterocycles. The monoisotopic (exact) mass is 337 g/mol. The Labute approximate surface area is 142 Å². The molecule has 3 aromatic heterocycles. The van der Waals surface area contributed by atoms with Gasteiger partial charge in [-0.3, -0.25) is 0 Å². The summed E-state index contributed by atoms with van der Waals surface area (Å²) in [5, 5.41) is 16.5. The van der Waals surface area contributed by atoms with Gasteiger partial charge in [-0.1, -0.05) is 27.8 Å². The highest BCUT2D eigenvalue weighted by Crippen LogP contribution is 2.29. The van der Waals surface area contributed by atoms with Crippen LogP contribution in [0.4, 0.5) is 11.6 Å². The van der Waals surface area contributed by atoms with E-state index in [1.807, 2.05) is 49.2 Å². The van der Waals surface area contributed by atoms with Gasteiger partial charge in [0.05, 0.1) is 6.04 Å². The second-order valence-corrected chi connectivity index (χ2v) is 5.81. The third-order valence-electron chi connectivity index (χ3n) is 4.32.